The number of aromatic nitrogens is 2. The predicted molar refractivity (Wildman–Crippen MR) is 81.7 cm³/mol. The quantitative estimate of drug-likeness (QED) is 0.911. The summed E-state index contributed by atoms with van der Waals surface area (Å²) in [4.78, 5) is 14.6. The lowest BCUT2D eigenvalue weighted by Crippen LogP contribution is -2.52. The van der Waals surface area contributed by atoms with Gasteiger partial charge >= 0.3 is 0 Å². The molecule has 2 heterocycles. The van der Waals surface area contributed by atoms with Crippen molar-refractivity contribution in [2.75, 3.05) is 19.6 Å². The van der Waals surface area contributed by atoms with E-state index in [1.807, 2.05) is 46.8 Å². The lowest BCUT2D eigenvalue weighted by Gasteiger charge is -2.33. The number of carbonyl (C=O) groups excluding carboxylic acids is 1. The monoisotopic (exact) mass is 284 g/mol. The van der Waals surface area contributed by atoms with E-state index in [2.05, 4.69) is 17.3 Å². The summed E-state index contributed by atoms with van der Waals surface area (Å²) in [7, 11) is 0. The first-order chi connectivity index (χ1) is 10.2. The maximum Gasteiger partial charge on any atom is 0.257 e. The van der Waals surface area contributed by atoms with E-state index in [4.69, 9.17) is 0 Å². The highest BCUT2D eigenvalue weighted by Crippen LogP contribution is 2.17. The van der Waals surface area contributed by atoms with Gasteiger partial charge in [-0.2, -0.15) is 5.10 Å². The zero-order valence-electron chi connectivity index (χ0n) is 12.4. The summed E-state index contributed by atoms with van der Waals surface area (Å²) >= 11 is 0. The number of carbonyl (C=O) groups is 1. The van der Waals surface area contributed by atoms with Crippen LogP contribution in [0.3, 0.4) is 0 Å². The Hall–Kier alpha value is -2.14. The van der Waals surface area contributed by atoms with Crippen molar-refractivity contribution >= 4 is 5.91 Å². The van der Waals surface area contributed by atoms with Gasteiger partial charge in [-0.25, -0.2) is 4.68 Å². The van der Waals surface area contributed by atoms with E-state index in [9.17, 15) is 4.79 Å². The van der Waals surface area contributed by atoms with E-state index in [1.165, 1.54) is 0 Å². The van der Waals surface area contributed by atoms with Crippen molar-refractivity contribution in [3.8, 4) is 5.69 Å². The van der Waals surface area contributed by atoms with Crippen molar-refractivity contribution < 1.29 is 4.79 Å². The fraction of sp³-hybridized carbons (Fsp3) is 0.375. The Morgan fingerprint density at radius 1 is 1.33 bits per heavy atom. The number of nitrogens with one attached hydrogen (secondary N) is 1. The molecule has 0 aliphatic carbocycles. The van der Waals surface area contributed by atoms with E-state index in [0.29, 0.717) is 5.56 Å². The second kappa shape index (κ2) is 5.69. The first kappa shape index (κ1) is 13.8. The molecule has 3 rings (SSSR count). The Bertz CT molecular complexity index is 635. The minimum Gasteiger partial charge on any atom is -0.333 e. The van der Waals surface area contributed by atoms with Crippen LogP contribution in [0.15, 0.2) is 36.5 Å². The summed E-state index contributed by atoms with van der Waals surface area (Å²) in [6, 6.07) is 10.1. The topological polar surface area (TPSA) is 50.2 Å². The van der Waals surface area contributed by atoms with Crippen molar-refractivity contribution in [3.63, 3.8) is 0 Å². The van der Waals surface area contributed by atoms with Gasteiger partial charge in [-0.15, -0.1) is 0 Å². The molecule has 0 spiro atoms. The third-order valence-electron chi connectivity index (χ3n) is 4.00. The van der Waals surface area contributed by atoms with E-state index in [0.717, 1.165) is 31.0 Å². The van der Waals surface area contributed by atoms with Gasteiger partial charge in [0, 0.05) is 25.7 Å². The minimum absolute atomic E-state index is 0.0729. The summed E-state index contributed by atoms with van der Waals surface area (Å²) in [6.07, 6.45) is 1.68. The Kier molecular flexibility index (Phi) is 3.75. The summed E-state index contributed by atoms with van der Waals surface area (Å²) in [5, 5.41) is 7.68. The molecule has 1 atom stereocenters. The summed E-state index contributed by atoms with van der Waals surface area (Å²) in [6.45, 7) is 6.45. The van der Waals surface area contributed by atoms with Gasteiger partial charge in [0.1, 0.15) is 0 Å². The van der Waals surface area contributed by atoms with Gasteiger partial charge < -0.3 is 10.2 Å². The third kappa shape index (κ3) is 2.56. The molecular weight excluding hydrogens is 264 g/mol. The SMILES string of the molecule is Cc1c(C(=O)N2CCNC[C@@H]2C)cnn1-c1ccccc1. The Labute approximate surface area is 124 Å². The van der Waals surface area contributed by atoms with Crippen molar-refractivity contribution in [2.45, 2.75) is 19.9 Å². The molecule has 1 N–H and O–H groups in total. The molecule has 0 radical (unpaired) electrons. The number of para-hydroxylation sites is 1. The molecule has 0 unspecified atom stereocenters. The number of rotatable bonds is 2. The summed E-state index contributed by atoms with van der Waals surface area (Å²) in [5.74, 6) is 0.0729. The second-order valence-electron chi connectivity index (χ2n) is 5.44. The highest BCUT2D eigenvalue weighted by atomic mass is 16.2. The average Bonchev–Trinajstić information content (AvgIpc) is 2.90. The molecule has 0 bridgehead atoms. The van der Waals surface area contributed by atoms with Gasteiger partial charge in [-0.05, 0) is 26.0 Å². The van der Waals surface area contributed by atoms with Crippen LogP contribution >= 0.6 is 0 Å². The molecule has 1 amide bonds. The fourth-order valence-electron chi connectivity index (χ4n) is 2.75. The first-order valence-electron chi connectivity index (χ1n) is 7.30. The molecule has 2 aromatic rings. The molecule has 1 aromatic heterocycles. The maximum atomic E-state index is 12.7. The van der Waals surface area contributed by atoms with Crippen LogP contribution in [0.2, 0.25) is 0 Å². The van der Waals surface area contributed by atoms with Crippen LogP contribution < -0.4 is 5.32 Å². The molecule has 1 fully saturated rings. The van der Waals surface area contributed by atoms with Crippen LogP contribution in [0, 0.1) is 6.92 Å². The molecule has 1 aliphatic heterocycles. The third-order valence-corrected chi connectivity index (χ3v) is 4.00. The lowest BCUT2D eigenvalue weighted by molar-refractivity contribution is 0.0655. The molecule has 1 saturated heterocycles. The van der Waals surface area contributed by atoms with Crippen LogP contribution in [-0.4, -0.2) is 46.3 Å². The van der Waals surface area contributed by atoms with E-state index >= 15 is 0 Å². The molecule has 1 aromatic carbocycles. The van der Waals surface area contributed by atoms with Gasteiger partial charge in [-0.1, -0.05) is 18.2 Å². The van der Waals surface area contributed by atoms with Crippen LogP contribution in [0.25, 0.3) is 5.69 Å². The molecule has 1 aliphatic rings. The van der Waals surface area contributed by atoms with Crippen molar-refractivity contribution in [3.05, 3.63) is 47.8 Å². The van der Waals surface area contributed by atoms with E-state index in [-0.39, 0.29) is 11.9 Å². The van der Waals surface area contributed by atoms with Gasteiger partial charge in [0.05, 0.1) is 23.1 Å². The predicted octanol–water partition coefficient (Wildman–Crippen LogP) is 1.61. The second-order valence-corrected chi connectivity index (χ2v) is 5.44. The lowest BCUT2D eigenvalue weighted by atomic mass is 10.1. The molecular formula is C16H20N4O. The van der Waals surface area contributed by atoms with Gasteiger partial charge in [0.25, 0.3) is 5.91 Å². The zero-order chi connectivity index (χ0) is 14.8. The van der Waals surface area contributed by atoms with Crippen LogP contribution in [0.5, 0.6) is 0 Å². The van der Waals surface area contributed by atoms with Gasteiger partial charge in [0.2, 0.25) is 0 Å². The fourth-order valence-corrected chi connectivity index (χ4v) is 2.75. The molecule has 21 heavy (non-hydrogen) atoms. The first-order valence-corrected chi connectivity index (χ1v) is 7.30. The van der Waals surface area contributed by atoms with Crippen molar-refractivity contribution in [1.29, 1.82) is 0 Å². The highest BCUT2D eigenvalue weighted by Gasteiger charge is 2.26. The number of nitrogens with zero attached hydrogens (tertiary/aromatic N) is 3. The normalized spacial score (nSPS) is 18.8. The number of hydrogen-bond donors (Lipinski definition) is 1. The molecule has 5 nitrogen and oxygen atoms in total. The summed E-state index contributed by atoms with van der Waals surface area (Å²) < 4.78 is 1.82. The van der Waals surface area contributed by atoms with Crippen molar-refractivity contribution in [1.82, 2.24) is 20.0 Å². The standard InChI is InChI=1S/C16H20N4O/c1-12-10-17-8-9-19(12)16(21)15-11-18-20(13(15)2)14-6-4-3-5-7-14/h3-7,11-12,17H,8-10H2,1-2H3/t12-/m0/s1. The number of benzene rings is 1. The molecule has 5 heteroatoms. The van der Waals surface area contributed by atoms with Crippen LogP contribution in [0.1, 0.15) is 23.0 Å². The average molecular weight is 284 g/mol. The number of hydrogen-bond acceptors (Lipinski definition) is 3. The van der Waals surface area contributed by atoms with Crippen LogP contribution in [0.4, 0.5) is 0 Å². The van der Waals surface area contributed by atoms with Crippen molar-refractivity contribution in [2.24, 2.45) is 0 Å². The highest BCUT2D eigenvalue weighted by molar-refractivity contribution is 5.95. The Morgan fingerprint density at radius 2 is 2.10 bits per heavy atom. The maximum absolute atomic E-state index is 12.7. The molecule has 0 saturated carbocycles. The van der Waals surface area contributed by atoms with E-state index < -0.39 is 0 Å². The number of piperazine rings is 1. The minimum atomic E-state index is 0.0729. The van der Waals surface area contributed by atoms with Gasteiger partial charge in [0.15, 0.2) is 0 Å². The smallest absolute Gasteiger partial charge is 0.257 e. The zero-order valence-corrected chi connectivity index (χ0v) is 12.4. The number of amides is 1. The van der Waals surface area contributed by atoms with Crippen LogP contribution in [-0.2, 0) is 0 Å². The molecule has 110 valence electrons. The summed E-state index contributed by atoms with van der Waals surface area (Å²) in [5.41, 5.74) is 2.55. The Balaban J connectivity index is 1.90. The van der Waals surface area contributed by atoms with E-state index in [1.54, 1.807) is 6.20 Å². The van der Waals surface area contributed by atoms with Gasteiger partial charge in [-0.3, -0.25) is 4.79 Å². The largest absolute Gasteiger partial charge is 0.333 e. The Morgan fingerprint density at radius 3 is 2.81 bits per heavy atom.